The van der Waals surface area contributed by atoms with E-state index in [0.717, 1.165) is 43.4 Å². The summed E-state index contributed by atoms with van der Waals surface area (Å²) in [6.07, 6.45) is -3.94. The van der Waals surface area contributed by atoms with Gasteiger partial charge in [0.05, 0.1) is 6.33 Å². The normalized spacial score (nSPS) is 24.0. The van der Waals surface area contributed by atoms with Crippen LogP contribution in [0.25, 0.3) is 11.2 Å². The van der Waals surface area contributed by atoms with Crippen LogP contribution < -0.4 is 27.0 Å². The Morgan fingerprint density at radius 1 is 1.04 bits per heavy atom. The van der Waals surface area contributed by atoms with Crippen molar-refractivity contribution < 1.29 is 45.2 Å². The predicted molar refractivity (Wildman–Crippen MR) is 156 cm³/mol. The van der Waals surface area contributed by atoms with E-state index < -0.39 is 46.1 Å². The molecule has 4 heterocycles. The molecule has 4 atom stereocenters. The van der Waals surface area contributed by atoms with E-state index in [9.17, 15) is 36.3 Å². The molecule has 0 radical (unpaired) electrons. The summed E-state index contributed by atoms with van der Waals surface area (Å²) in [5.41, 5.74) is 0.0419. The van der Waals surface area contributed by atoms with Crippen molar-refractivity contribution in [2.24, 2.45) is 0 Å². The van der Waals surface area contributed by atoms with Crippen molar-refractivity contribution in [3.63, 3.8) is 0 Å². The Morgan fingerprint density at radius 2 is 1.70 bits per heavy atom. The number of carbonyl (C=O) groups excluding carboxylic acids is 2. The molecule has 2 aromatic rings. The van der Waals surface area contributed by atoms with Gasteiger partial charge in [0.15, 0.2) is 23.8 Å². The Balaban J connectivity index is 1.32. The topological polar surface area (TPSA) is 228 Å². The van der Waals surface area contributed by atoms with Crippen molar-refractivity contribution in [3.05, 3.63) is 12.7 Å². The minimum atomic E-state index is -6.22. The largest absolute Gasteiger partial charge is 0.523 e. The van der Waals surface area contributed by atoms with E-state index in [1.165, 1.54) is 0 Å². The number of carbonyl (C=O) groups is 2. The Hall–Kier alpha value is -3.21. The van der Waals surface area contributed by atoms with Crippen LogP contribution in [0.1, 0.15) is 31.9 Å². The molecule has 46 heavy (non-hydrogen) atoms. The molecular formula is C25H39F3N10O7S. The van der Waals surface area contributed by atoms with E-state index in [2.05, 4.69) is 40.4 Å². The number of nitrogens with two attached hydrogens (primary N) is 1. The zero-order valence-electron chi connectivity index (χ0n) is 24.9. The number of aliphatic hydroxyl groups excluding tert-OH is 1. The number of hydrogen-bond donors (Lipinski definition) is 6. The summed E-state index contributed by atoms with van der Waals surface area (Å²) in [5, 5.41) is 23.2. The molecule has 7 N–H and O–H groups in total. The van der Waals surface area contributed by atoms with Crippen LogP contribution in [0.15, 0.2) is 12.7 Å². The van der Waals surface area contributed by atoms with Crippen molar-refractivity contribution in [1.29, 1.82) is 0 Å². The second-order valence-electron chi connectivity index (χ2n) is 10.7. The van der Waals surface area contributed by atoms with E-state index in [1.54, 1.807) is 4.90 Å². The summed E-state index contributed by atoms with van der Waals surface area (Å²) in [6, 6.07) is 0. The number of halogens is 3. The van der Waals surface area contributed by atoms with Gasteiger partial charge in [0.2, 0.25) is 5.91 Å². The number of rotatable bonds is 10. The molecule has 2 saturated heterocycles. The third-order valence-electron chi connectivity index (χ3n) is 7.45. The third kappa shape index (κ3) is 8.98. The second-order valence-corrected chi connectivity index (χ2v) is 12.3. The fourth-order valence-electron chi connectivity index (χ4n) is 5.02. The van der Waals surface area contributed by atoms with Gasteiger partial charge in [0.25, 0.3) is 5.91 Å². The maximum absolute atomic E-state index is 13.1. The number of nitrogens with zero attached hydrogens (tertiary/aromatic N) is 5. The maximum atomic E-state index is 13.1. The van der Waals surface area contributed by atoms with Crippen LogP contribution in [0.2, 0.25) is 0 Å². The maximum Gasteiger partial charge on any atom is 0.523 e. The highest BCUT2D eigenvalue weighted by molar-refractivity contribution is 7.87. The van der Waals surface area contributed by atoms with Crippen LogP contribution in [0, 0.1) is 0 Å². The van der Waals surface area contributed by atoms with Gasteiger partial charge in [-0.25, -0.2) is 15.0 Å². The summed E-state index contributed by atoms with van der Waals surface area (Å²) in [7, 11) is -6.22. The first-order valence-corrected chi connectivity index (χ1v) is 16.3. The number of fused-ring (bicyclic) bond motifs is 1. The van der Waals surface area contributed by atoms with Crippen LogP contribution in [0.4, 0.5) is 19.0 Å². The molecule has 0 saturated carbocycles. The van der Waals surface area contributed by atoms with Crippen molar-refractivity contribution in [2.75, 3.05) is 64.6 Å². The quantitative estimate of drug-likeness (QED) is 0.0924. The van der Waals surface area contributed by atoms with Gasteiger partial charge in [0.1, 0.15) is 24.1 Å². The fourth-order valence-corrected chi connectivity index (χ4v) is 5.64. The average molecular weight is 681 g/mol. The van der Waals surface area contributed by atoms with E-state index >= 15 is 0 Å². The highest BCUT2D eigenvalue weighted by Crippen LogP contribution is 2.37. The number of aromatic nitrogens is 4. The smallest absolute Gasteiger partial charge is 0.385 e. The van der Waals surface area contributed by atoms with Crippen LogP contribution in [0.5, 0.6) is 0 Å². The van der Waals surface area contributed by atoms with Gasteiger partial charge in [-0.05, 0) is 12.8 Å². The Bertz CT molecular complexity index is 1420. The van der Waals surface area contributed by atoms with Crippen LogP contribution in [-0.4, -0.2) is 132 Å². The highest BCUT2D eigenvalue weighted by Gasteiger charge is 2.56. The van der Waals surface area contributed by atoms with Crippen LogP contribution in [-0.2, 0) is 28.6 Å². The Morgan fingerprint density at radius 3 is 2.35 bits per heavy atom. The van der Waals surface area contributed by atoms with Gasteiger partial charge < -0.3 is 41.7 Å². The summed E-state index contributed by atoms with van der Waals surface area (Å²) >= 11 is 0. The summed E-state index contributed by atoms with van der Waals surface area (Å²) < 4.78 is 74.1. The zero-order valence-corrected chi connectivity index (χ0v) is 25.7. The Kier molecular flexibility index (Phi) is 12.4. The number of alkyl halides is 3. The lowest BCUT2D eigenvalue weighted by Crippen LogP contribution is -2.46. The molecule has 258 valence electrons. The molecule has 2 aliphatic rings. The standard InChI is InChI=1S/C25H39F3N10O7S/c26-25(27,28)46(42,43)45-19-18(40)24(38-15-36-17-21(29)34-14-35-22(17)38)44-20(19)23(41)33-5-3-1-2-4-16(39)37-12-10-31-8-6-30-7-9-32-11-13-37/h14-15,18-20,24,30-32,40H,1-13H2,(H,33,41)(H2,29,34,35)/t18-,19+,20+,24-/m1/s1. The first-order valence-electron chi connectivity index (χ1n) is 14.8. The molecule has 2 amide bonds. The lowest BCUT2D eigenvalue weighted by Gasteiger charge is -2.24. The number of unbranched alkanes of at least 4 members (excludes halogenated alkanes) is 2. The van der Waals surface area contributed by atoms with E-state index in [-0.39, 0.29) is 29.4 Å². The van der Waals surface area contributed by atoms with Gasteiger partial charge in [-0.3, -0.25) is 18.3 Å². The van der Waals surface area contributed by atoms with Gasteiger partial charge in [-0.2, -0.15) is 21.6 Å². The summed E-state index contributed by atoms with van der Waals surface area (Å²) in [4.78, 5) is 39.4. The van der Waals surface area contributed by atoms with Crippen molar-refractivity contribution in [2.45, 2.75) is 55.7 Å². The zero-order chi connectivity index (χ0) is 33.3. The van der Waals surface area contributed by atoms with Crippen molar-refractivity contribution in [1.82, 2.24) is 45.7 Å². The molecule has 0 bridgehead atoms. The van der Waals surface area contributed by atoms with E-state index in [1.807, 2.05) is 0 Å². The molecule has 2 aromatic heterocycles. The number of nitrogens with one attached hydrogen (secondary N) is 4. The van der Waals surface area contributed by atoms with Crippen molar-refractivity contribution in [3.8, 4) is 0 Å². The SMILES string of the molecule is Nc1ncnc2c1ncn2[C@@H]1O[C@H](C(=O)NCCCCCC(=O)N2CCNCCNCCNCC2)[C@@H](OS(=O)(=O)C(F)(F)F)[C@H]1O. The molecule has 2 fully saturated rings. The average Bonchev–Trinajstić information content (AvgIpc) is 3.56. The molecular weight excluding hydrogens is 641 g/mol. The van der Waals surface area contributed by atoms with E-state index in [4.69, 9.17) is 10.5 Å². The molecule has 2 aliphatic heterocycles. The summed E-state index contributed by atoms with van der Waals surface area (Å²) in [6.45, 7) is 5.82. The fraction of sp³-hybridized carbons (Fsp3) is 0.720. The van der Waals surface area contributed by atoms with Gasteiger partial charge in [-0.15, -0.1) is 0 Å². The van der Waals surface area contributed by atoms with Gasteiger partial charge >= 0.3 is 15.6 Å². The molecule has 0 aliphatic carbocycles. The lowest BCUT2D eigenvalue weighted by molar-refractivity contribution is -0.137. The van der Waals surface area contributed by atoms with Crippen LogP contribution >= 0.6 is 0 Å². The number of aliphatic hydroxyl groups is 1. The number of ether oxygens (including phenoxy) is 1. The monoisotopic (exact) mass is 680 g/mol. The molecule has 4 rings (SSSR count). The second kappa shape index (κ2) is 16.1. The Labute approximate surface area is 262 Å². The van der Waals surface area contributed by atoms with E-state index in [0.29, 0.717) is 51.9 Å². The molecule has 0 aromatic carbocycles. The number of imidazole rings is 1. The van der Waals surface area contributed by atoms with Crippen molar-refractivity contribution >= 4 is 38.9 Å². The minimum absolute atomic E-state index is 0.00659. The molecule has 21 heteroatoms. The number of anilines is 1. The lowest BCUT2D eigenvalue weighted by atomic mass is 10.1. The predicted octanol–water partition coefficient (Wildman–Crippen LogP) is -1.81. The highest BCUT2D eigenvalue weighted by atomic mass is 32.2. The molecule has 0 spiro atoms. The molecule has 17 nitrogen and oxygen atoms in total. The first-order chi connectivity index (χ1) is 21.9. The number of amides is 2. The van der Waals surface area contributed by atoms with Gasteiger partial charge in [-0.1, -0.05) is 6.42 Å². The molecule has 0 unspecified atom stereocenters. The first kappa shape index (κ1) is 35.6. The van der Waals surface area contributed by atoms with Crippen LogP contribution in [0.3, 0.4) is 0 Å². The number of nitrogen functional groups attached to an aromatic ring is 1. The third-order valence-corrected chi connectivity index (χ3v) is 8.49. The summed E-state index contributed by atoms with van der Waals surface area (Å²) in [5.74, 6) is -1.04. The minimum Gasteiger partial charge on any atom is -0.385 e. The number of hydrogen-bond acceptors (Lipinski definition) is 14. The van der Waals surface area contributed by atoms with Gasteiger partial charge in [0, 0.05) is 65.3 Å².